The van der Waals surface area contributed by atoms with Crippen molar-refractivity contribution < 1.29 is 23.9 Å². The molecule has 0 aromatic heterocycles. The maximum atomic E-state index is 12.3. The van der Waals surface area contributed by atoms with Crippen molar-refractivity contribution in [1.82, 2.24) is 0 Å². The summed E-state index contributed by atoms with van der Waals surface area (Å²) < 4.78 is 16.6. The number of nitro groups is 1. The molecule has 0 saturated heterocycles. The number of ether oxygens (including phenoxy) is 3. The predicted molar refractivity (Wildman–Crippen MR) is 89.7 cm³/mol. The van der Waals surface area contributed by atoms with E-state index in [9.17, 15) is 14.9 Å². The molecule has 0 amide bonds. The minimum Gasteiger partial charge on any atom is -0.490 e. The van der Waals surface area contributed by atoms with Crippen LogP contribution in [0.4, 0.5) is 5.69 Å². The zero-order chi connectivity index (χ0) is 17.8. The van der Waals surface area contributed by atoms with Gasteiger partial charge in [0.15, 0.2) is 23.9 Å². The lowest BCUT2D eigenvalue weighted by atomic mass is 10.1. The fraction of sp³-hybridized carbons (Fsp3) is 0.278. The van der Waals surface area contributed by atoms with Gasteiger partial charge in [-0.3, -0.25) is 14.9 Å². The molecule has 0 saturated carbocycles. The molecule has 1 heterocycles. The summed E-state index contributed by atoms with van der Waals surface area (Å²) in [7, 11) is 0. The number of rotatable bonds is 5. The molecule has 0 atom stereocenters. The average Bonchev–Trinajstić information content (AvgIpc) is 2.84. The first kappa shape index (κ1) is 16.8. The topological polar surface area (TPSA) is 87.9 Å². The maximum Gasteiger partial charge on any atom is 0.272 e. The van der Waals surface area contributed by atoms with Crippen LogP contribution in [0.2, 0.25) is 0 Å². The highest BCUT2D eigenvalue weighted by molar-refractivity contribution is 5.97. The maximum absolute atomic E-state index is 12.3. The second kappa shape index (κ2) is 7.21. The van der Waals surface area contributed by atoms with Gasteiger partial charge in [-0.25, -0.2) is 0 Å². The van der Waals surface area contributed by atoms with Crippen LogP contribution < -0.4 is 14.2 Å². The van der Waals surface area contributed by atoms with Crippen molar-refractivity contribution in [1.29, 1.82) is 0 Å². The van der Waals surface area contributed by atoms with E-state index in [0.717, 1.165) is 6.42 Å². The van der Waals surface area contributed by atoms with Gasteiger partial charge in [-0.1, -0.05) is 0 Å². The third-order valence-corrected chi connectivity index (χ3v) is 3.80. The molecule has 0 unspecified atom stereocenters. The minimum absolute atomic E-state index is 0.0153. The van der Waals surface area contributed by atoms with Crippen LogP contribution in [0.3, 0.4) is 0 Å². The van der Waals surface area contributed by atoms with Gasteiger partial charge in [0.1, 0.15) is 5.75 Å². The van der Waals surface area contributed by atoms with Crippen molar-refractivity contribution in [2.24, 2.45) is 0 Å². The third-order valence-electron chi connectivity index (χ3n) is 3.80. The Morgan fingerprint density at radius 2 is 1.92 bits per heavy atom. The van der Waals surface area contributed by atoms with Gasteiger partial charge in [-0.2, -0.15) is 0 Å². The lowest BCUT2D eigenvalue weighted by Gasteiger charge is -2.10. The summed E-state index contributed by atoms with van der Waals surface area (Å²) in [6.45, 7) is 2.58. The van der Waals surface area contributed by atoms with E-state index >= 15 is 0 Å². The van der Waals surface area contributed by atoms with Crippen LogP contribution >= 0.6 is 0 Å². The van der Waals surface area contributed by atoms with Crippen LogP contribution in [0.25, 0.3) is 0 Å². The molecule has 0 N–H and O–H groups in total. The predicted octanol–water partition coefficient (Wildman–Crippen LogP) is 3.33. The fourth-order valence-corrected chi connectivity index (χ4v) is 2.49. The Morgan fingerprint density at radius 3 is 2.64 bits per heavy atom. The second-order valence-electron chi connectivity index (χ2n) is 5.63. The highest BCUT2D eigenvalue weighted by Gasteiger charge is 2.15. The molecule has 0 aliphatic carbocycles. The number of Topliss-reactive ketones (excluding diaryl/α,β-unsaturated/α-hetero) is 1. The van der Waals surface area contributed by atoms with Gasteiger partial charge in [0.05, 0.1) is 18.1 Å². The summed E-state index contributed by atoms with van der Waals surface area (Å²) in [4.78, 5) is 22.7. The van der Waals surface area contributed by atoms with E-state index in [1.807, 2.05) is 0 Å². The van der Waals surface area contributed by atoms with Crippen molar-refractivity contribution in [2.75, 3.05) is 19.8 Å². The SMILES string of the molecule is Cc1cc(OCC(=O)c2ccc3c(c2)OCCCO3)ccc1[N+](=O)[O-]. The summed E-state index contributed by atoms with van der Waals surface area (Å²) in [6, 6.07) is 9.41. The van der Waals surface area contributed by atoms with Crippen molar-refractivity contribution >= 4 is 11.5 Å². The molecule has 7 nitrogen and oxygen atoms in total. The number of hydrogen-bond donors (Lipinski definition) is 0. The molecule has 0 fully saturated rings. The van der Waals surface area contributed by atoms with Gasteiger partial charge >= 0.3 is 0 Å². The monoisotopic (exact) mass is 343 g/mol. The summed E-state index contributed by atoms with van der Waals surface area (Å²) in [5.74, 6) is 1.37. The number of nitrogens with zero attached hydrogens (tertiary/aromatic N) is 1. The highest BCUT2D eigenvalue weighted by Crippen LogP contribution is 2.30. The summed E-state index contributed by atoms with van der Waals surface area (Å²) in [6.07, 6.45) is 0.792. The van der Waals surface area contributed by atoms with E-state index in [1.165, 1.54) is 12.1 Å². The molecule has 0 spiro atoms. The number of carbonyl (C=O) groups excluding carboxylic acids is 1. The number of carbonyl (C=O) groups is 1. The Kier molecular flexibility index (Phi) is 4.83. The second-order valence-corrected chi connectivity index (χ2v) is 5.63. The first-order valence-electron chi connectivity index (χ1n) is 7.85. The lowest BCUT2D eigenvalue weighted by molar-refractivity contribution is -0.385. The van der Waals surface area contributed by atoms with Gasteiger partial charge in [-0.05, 0) is 37.3 Å². The number of ketones is 1. The molecule has 0 radical (unpaired) electrons. The van der Waals surface area contributed by atoms with E-state index in [2.05, 4.69) is 0 Å². The fourth-order valence-electron chi connectivity index (χ4n) is 2.49. The number of benzene rings is 2. The summed E-state index contributed by atoms with van der Waals surface area (Å²) >= 11 is 0. The van der Waals surface area contributed by atoms with Crippen LogP contribution in [0, 0.1) is 17.0 Å². The zero-order valence-corrected chi connectivity index (χ0v) is 13.7. The number of hydrogen-bond acceptors (Lipinski definition) is 6. The van der Waals surface area contributed by atoms with E-state index in [0.29, 0.717) is 41.6 Å². The Morgan fingerprint density at radius 1 is 1.16 bits per heavy atom. The Hall–Kier alpha value is -3.09. The molecular weight excluding hydrogens is 326 g/mol. The highest BCUT2D eigenvalue weighted by atomic mass is 16.6. The molecule has 0 bridgehead atoms. The molecule has 1 aliphatic heterocycles. The van der Waals surface area contributed by atoms with E-state index in [-0.39, 0.29) is 18.1 Å². The molecule has 1 aliphatic rings. The molecular formula is C18H17NO6. The Balaban J connectivity index is 1.67. The molecule has 25 heavy (non-hydrogen) atoms. The van der Waals surface area contributed by atoms with Crippen molar-refractivity contribution in [3.63, 3.8) is 0 Å². The smallest absolute Gasteiger partial charge is 0.272 e. The van der Waals surface area contributed by atoms with Crippen LogP contribution in [-0.4, -0.2) is 30.5 Å². The third kappa shape index (κ3) is 3.88. The molecule has 7 heteroatoms. The number of fused-ring (bicyclic) bond motifs is 1. The normalized spacial score (nSPS) is 13.0. The van der Waals surface area contributed by atoms with Crippen LogP contribution in [0.5, 0.6) is 17.2 Å². The Labute approximate surface area is 144 Å². The molecule has 2 aromatic carbocycles. The minimum atomic E-state index is -0.456. The number of aryl methyl sites for hydroxylation is 1. The summed E-state index contributed by atoms with van der Waals surface area (Å²) in [5, 5.41) is 10.8. The van der Waals surface area contributed by atoms with E-state index in [4.69, 9.17) is 14.2 Å². The van der Waals surface area contributed by atoms with E-state index < -0.39 is 4.92 Å². The van der Waals surface area contributed by atoms with Crippen molar-refractivity contribution in [2.45, 2.75) is 13.3 Å². The van der Waals surface area contributed by atoms with Gasteiger partial charge in [0, 0.05) is 23.6 Å². The van der Waals surface area contributed by atoms with Gasteiger partial charge < -0.3 is 14.2 Å². The van der Waals surface area contributed by atoms with Gasteiger partial charge in [0.2, 0.25) is 0 Å². The lowest BCUT2D eigenvalue weighted by Crippen LogP contribution is -2.12. The van der Waals surface area contributed by atoms with Crippen LogP contribution in [-0.2, 0) is 0 Å². The average molecular weight is 343 g/mol. The quantitative estimate of drug-likeness (QED) is 0.470. The molecule has 130 valence electrons. The summed E-state index contributed by atoms with van der Waals surface area (Å²) in [5.41, 5.74) is 0.954. The standard InChI is InChI=1S/C18H17NO6/c1-12-9-14(4-5-15(12)19(21)22)25-11-16(20)13-3-6-17-18(10-13)24-8-2-7-23-17/h3-6,9-10H,2,7-8,11H2,1H3. The van der Waals surface area contributed by atoms with Crippen molar-refractivity contribution in [3.05, 3.63) is 57.6 Å². The van der Waals surface area contributed by atoms with Crippen molar-refractivity contribution in [3.8, 4) is 17.2 Å². The van der Waals surface area contributed by atoms with Crippen LogP contribution in [0.1, 0.15) is 22.3 Å². The molecule has 3 rings (SSSR count). The molecule has 2 aromatic rings. The Bertz CT molecular complexity index is 817. The van der Waals surface area contributed by atoms with E-state index in [1.54, 1.807) is 31.2 Å². The zero-order valence-electron chi connectivity index (χ0n) is 13.7. The largest absolute Gasteiger partial charge is 0.490 e. The van der Waals surface area contributed by atoms with Crippen LogP contribution in [0.15, 0.2) is 36.4 Å². The van der Waals surface area contributed by atoms with Gasteiger partial charge in [0.25, 0.3) is 5.69 Å². The first-order chi connectivity index (χ1) is 12.0. The first-order valence-corrected chi connectivity index (χ1v) is 7.85. The number of nitro benzene ring substituents is 1. The van der Waals surface area contributed by atoms with Gasteiger partial charge in [-0.15, -0.1) is 0 Å².